The van der Waals surface area contributed by atoms with E-state index in [0.29, 0.717) is 47.0 Å². The van der Waals surface area contributed by atoms with Gasteiger partial charge in [-0.15, -0.1) is 0 Å². The van der Waals surface area contributed by atoms with Crippen molar-refractivity contribution in [2.45, 2.75) is 6.61 Å². The van der Waals surface area contributed by atoms with Crippen LogP contribution in [-0.4, -0.2) is 17.3 Å². The second-order valence-corrected chi connectivity index (χ2v) is 10.8. The van der Waals surface area contributed by atoms with Crippen molar-refractivity contribution in [3.63, 3.8) is 0 Å². The average Bonchev–Trinajstić information content (AvgIpc) is 3.08. The number of hydrogen-bond donors (Lipinski definition) is 0. The van der Waals surface area contributed by atoms with Gasteiger partial charge in [-0.1, -0.05) is 77.0 Å². The maximum Gasteiger partial charge on any atom is 0.270 e. The molecule has 34 heavy (non-hydrogen) atoms. The number of rotatable bonds is 6. The molecule has 1 amide bonds. The molecular weight excluding hydrogens is 601 g/mol. The molecule has 0 radical (unpaired) electrons. The first kappa shape index (κ1) is 25.4. The van der Waals surface area contributed by atoms with E-state index in [4.69, 9.17) is 56.5 Å². The molecule has 0 spiro atoms. The van der Waals surface area contributed by atoms with E-state index in [9.17, 15) is 4.79 Å². The quantitative estimate of drug-likeness (QED) is 0.206. The van der Waals surface area contributed by atoms with Crippen molar-refractivity contribution in [3.8, 4) is 11.5 Å². The summed E-state index contributed by atoms with van der Waals surface area (Å²) in [6, 6.07) is 15.9. The van der Waals surface area contributed by atoms with Crippen molar-refractivity contribution in [2.75, 3.05) is 12.0 Å². The second kappa shape index (κ2) is 10.9. The van der Waals surface area contributed by atoms with Crippen LogP contribution in [0.25, 0.3) is 6.08 Å². The Hall–Kier alpha value is -1.74. The lowest BCUT2D eigenvalue weighted by atomic mass is 10.1. The molecule has 1 fully saturated rings. The number of halogens is 4. The molecule has 1 aliphatic heterocycles. The van der Waals surface area contributed by atoms with Crippen LogP contribution < -0.4 is 14.4 Å². The Bertz CT molecular complexity index is 1330. The van der Waals surface area contributed by atoms with E-state index in [-0.39, 0.29) is 12.5 Å². The third kappa shape index (κ3) is 5.40. The number of thiocarbonyl (C=S) groups is 1. The lowest BCUT2D eigenvalue weighted by molar-refractivity contribution is -0.113. The Labute approximate surface area is 229 Å². The number of thioether (sulfide) groups is 1. The van der Waals surface area contributed by atoms with Crippen LogP contribution in [0.2, 0.25) is 15.1 Å². The third-order valence-corrected chi connectivity index (χ3v) is 7.98. The predicted octanol–water partition coefficient (Wildman–Crippen LogP) is 8.40. The zero-order valence-electron chi connectivity index (χ0n) is 17.5. The van der Waals surface area contributed by atoms with Gasteiger partial charge in [0.05, 0.1) is 22.7 Å². The Morgan fingerprint density at radius 1 is 1.09 bits per heavy atom. The molecule has 0 atom stereocenters. The van der Waals surface area contributed by atoms with Gasteiger partial charge < -0.3 is 9.47 Å². The van der Waals surface area contributed by atoms with E-state index in [2.05, 4.69) is 15.9 Å². The van der Waals surface area contributed by atoms with Crippen LogP contribution in [0.4, 0.5) is 5.69 Å². The molecule has 0 unspecified atom stereocenters. The molecule has 0 aliphatic carbocycles. The summed E-state index contributed by atoms with van der Waals surface area (Å²) in [6.07, 6.45) is 1.74. The van der Waals surface area contributed by atoms with Gasteiger partial charge in [-0.05, 0) is 58.4 Å². The Kier molecular flexibility index (Phi) is 8.12. The van der Waals surface area contributed by atoms with Crippen LogP contribution in [-0.2, 0) is 11.4 Å². The van der Waals surface area contributed by atoms with Crippen molar-refractivity contribution >= 4 is 96.7 Å². The number of hydrogen-bond acceptors (Lipinski definition) is 5. The van der Waals surface area contributed by atoms with Gasteiger partial charge in [0.1, 0.15) is 6.61 Å². The predicted molar refractivity (Wildman–Crippen MR) is 149 cm³/mol. The van der Waals surface area contributed by atoms with Crippen molar-refractivity contribution in [1.82, 2.24) is 0 Å². The van der Waals surface area contributed by atoms with Crippen molar-refractivity contribution in [1.29, 1.82) is 0 Å². The topological polar surface area (TPSA) is 38.8 Å². The minimum Gasteiger partial charge on any atom is -0.493 e. The van der Waals surface area contributed by atoms with Gasteiger partial charge in [0.25, 0.3) is 5.91 Å². The Morgan fingerprint density at radius 2 is 1.88 bits per heavy atom. The number of ether oxygens (including phenoxy) is 2. The lowest BCUT2D eigenvalue weighted by Crippen LogP contribution is -2.27. The molecule has 0 aromatic heterocycles. The van der Waals surface area contributed by atoms with E-state index < -0.39 is 0 Å². The normalized spacial score (nSPS) is 14.7. The molecule has 0 saturated carbocycles. The van der Waals surface area contributed by atoms with E-state index >= 15 is 0 Å². The first-order valence-corrected chi connectivity index (χ1v) is 12.9. The molecule has 4 rings (SSSR count). The average molecular weight is 616 g/mol. The zero-order valence-corrected chi connectivity index (χ0v) is 23.0. The summed E-state index contributed by atoms with van der Waals surface area (Å²) in [5, 5.41) is 1.53. The Balaban J connectivity index is 1.65. The van der Waals surface area contributed by atoms with E-state index in [0.717, 1.165) is 10.0 Å². The molecular formula is C24H15BrCl3NO3S2. The summed E-state index contributed by atoms with van der Waals surface area (Å²) in [4.78, 5) is 15.1. The molecule has 3 aromatic carbocycles. The van der Waals surface area contributed by atoms with Gasteiger partial charge in [-0.2, -0.15) is 0 Å². The number of methoxy groups -OCH3 is 1. The molecule has 4 nitrogen and oxygen atoms in total. The second-order valence-electron chi connectivity index (χ2n) is 7.02. The fourth-order valence-corrected chi connectivity index (χ4v) is 5.38. The number of benzene rings is 3. The number of nitrogens with zero attached hydrogens (tertiary/aromatic N) is 1. The smallest absolute Gasteiger partial charge is 0.270 e. The van der Waals surface area contributed by atoms with E-state index in [1.807, 2.05) is 12.1 Å². The molecule has 10 heteroatoms. The standard InChI is InChI=1S/C24H15BrCl3NO3S2/c1-31-20-4-2-3-13(22(20)32-12-14-5-6-15(26)10-18(14)27)9-21-23(30)29(24(33)34-21)16-7-8-17(25)19(28)11-16/h2-11H,12H2,1H3. The summed E-state index contributed by atoms with van der Waals surface area (Å²) in [5.74, 6) is 0.755. The zero-order chi connectivity index (χ0) is 24.4. The fraction of sp³-hybridized carbons (Fsp3) is 0.0833. The molecule has 1 heterocycles. The van der Waals surface area contributed by atoms with Crippen LogP contribution in [0.1, 0.15) is 11.1 Å². The fourth-order valence-electron chi connectivity index (χ4n) is 3.21. The largest absolute Gasteiger partial charge is 0.493 e. The minimum atomic E-state index is -0.247. The maximum atomic E-state index is 13.2. The molecule has 0 N–H and O–H groups in total. The highest BCUT2D eigenvalue weighted by Gasteiger charge is 2.34. The third-order valence-electron chi connectivity index (χ3n) is 4.86. The van der Waals surface area contributed by atoms with Gasteiger partial charge in [-0.25, -0.2) is 0 Å². The summed E-state index contributed by atoms with van der Waals surface area (Å²) in [7, 11) is 1.55. The number of carbonyl (C=O) groups excluding carboxylic acids is 1. The summed E-state index contributed by atoms with van der Waals surface area (Å²) < 4.78 is 12.7. The van der Waals surface area contributed by atoms with Crippen molar-refractivity contribution < 1.29 is 14.3 Å². The molecule has 174 valence electrons. The summed E-state index contributed by atoms with van der Waals surface area (Å²) in [5.41, 5.74) is 2.03. The number of carbonyl (C=O) groups is 1. The van der Waals surface area contributed by atoms with Crippen LogP contribution in [0.5, 0.6) is 11.5 Å². The van der Waals surface area contributed by atoms with Gasteiger partial charge in [0.15, 0.2) is 15.8 Å². The van der Waals surface area contributed by atoms with Crippen LogP contribution in [0, 0.1) is 0 Å². The van der Waals surface area contributed by atoms with Gasteiger partial charge in [0.2, 0.25) is 0 Å². The molecule has 1 saturated heterocycles. The maximum absolute atomic E-state index is 13.2. The Morgan fingerprint density at radius 3 is 2.59 bits per heavy atom. The highest BCUT2D eigenvalue weighted by atomic mass is 79.9. The van der Waals surface area contributed by atoms with Crippen molar-refractivity contribution in [2.24, 2.45) is 0 Å². The van der Waals surface area contributed by atoms with Gasteiger partial charge >= 0.3 is 0 Å². The summed E-state index contributed by atoms with van der Waals surface area (Å²) >= 11 is 28.5. The van der Waals surface area contributed by atoms with Crippen LogP contribution in [0.15, 0.2) is 64.0 Å². The SMILES string of the molecule is COc1cccc(C=C2SC(=S)N(c3ccc(Br)c(Cl)c3)C2=O)c1OCc1ccc(Cl)cc1Cl. The molecule has 0 bridgehead atoms. The van der Waals surface area contributed by atoms with Crippen LogP contribution >= 0.6 is 74.7 Å². The van der Waals surface area contributed by atoms with Gasteiger partial charge in [0, 0.05) is 25.6 Å². The highest BCUT2D eigenvalue weighted by Crippen LogP contribution is 2.40. The van der Waals surface area contributed by atoms with E-state index in [1.54, 1.807) is 55.7 Å². The highest BCUT2D eigenvalue weighted by molar-refractivity contribution is 9.10. The van der Waals surface area contributed by atoms with Crippen LogP contribution in [0.3, 0.4) is 0 Å². The molecule has 3 aromatic rings. The van der Waals surface area contributed by atoms with Gasteiger partial charge in [-0.3, -0.25) is 9.69 Å². The van der Waals surface area contributed by atoms with E-state index in [1.165, 1.54) is 16.7 Å². The monoisotopic (exact) mass is 613 g/mol. The number of para-hydroxylation sites is 1. The lowest BCUT2D eigenvalue weighted by Gasteiger charge is -2.15. The first-order valence-electron chi connectivity index (χ1n) is 9.75. The molecule has 1 aliphatic rings. The van der Waals surface area contributed by atoms with Crippen molar-refractivity contribution in [3.05, 3.63) is 90.2 Å². The summed E-state index contributed by atoms with van der Waals surface area (Å²) in [6.45, 7) is 0.190. The first-order chi connectivity index (χ1) is 16.3. The number of amides is 1. The minimum absolute atomic E-state index is 0.190. The number of anilines is 1.